The number of amides is 5. The van der Waals surface area contributed by atoms with Crippen molar-refractivity contribution in [1.29, 1.82) is 0 Å². The number of carbonyl (C=O) groups is 9. The van der Waals surface area contributed by atoms with Crippen molar-refractivity contribution in [2.24, 2.45) is 0 Å². The number of aromatic nitrogens is 6. The molecule has 34 nitrogen and oxygen atoms in total. The zero-order valence-electron chi connectivity index (χ0n) is 61.8. The van der Waals surface area contributed by atoms with Crippen LogP contribution in [0, 0.1) is 0 Å². The molecule has 9 rings (SSSR count). The Morgan fingerprint density at radius 3 is 1.19 bits per heavy atom. The van der Waals surface area contributed by atoms with Gasteiger partial charge in [0.2, 0.25) is 29.4 Å². The molecule has 0 saturated carbocycles. The summed E-state index contributed by atoms with van der Waals surface area (Å²) in [7, 11) is 0. The lowest BCUT2D eigenvalue weighted by molar-refractivity contribution is -0.145. The molecule has 0 unspecified atom stereocenters. The second-order valence-electron chi connectivity index (χ2n) is 27.9. The Bertz CT molecular complexity index is 4140. The van der Waals surface area contributed by atoms with E-state index in [4.69, 9.17) is 0 Å². The number of nitrogens with one attached hydrogen (secondary N) is 3. The van der Waals surface area contributed by atoms with E-state index in [1.807, 2.05) is 64.1 Å². The Kier molecular flexibility index (Phi) is 28.5. The molecule has 11 N–H and O–H groups in total. The number of carboxylic acids is 4. The average molecular weight is 1500 g/mol. The summed E-state index contributed by atoms with van der Waals surface area (Å²) in [5, 5.41) is 109. The number of aliphatic carboxylic acids is 4. The Hall–Kier alpha value is -10.7. The van der Waals surface area contributed by atoms with Crippen LogP contribution in [0.4, 0.5) is 0 Å². The van der Waals surface area contributed by atoms with Crippen LogP contribution in [0.3, 0.4) is 0 Å². The van der Waals surface area contributed by atoms with E-state index in [1.54, 1.807) is 72.1 Å². The normalized spacial score (nSPS) is 16.3. The number of benzene rings is 4. The third-order valence-electron chi connectivity index (χ3n) is 19.6. The van der Waals surface area contributed by atoms with Gasteiger partial charge < -0.3 is 66.6 Å². The minimum absolute atomic E-state index is 0.0107. The van der Waals surface area contributed by atoms with Gasteiger partial charge in [0.15, 0.2) is 11.6 Å². The fourth-order valence-electron chi connectivity index (χ4n) is 13.8. The van der Waals surface area contributed by atoms with E-state index >= 15 is 0 Å². The quantitative estimate of drug-likeness (QED) is 0.0309. The molecule has 0 spiro atoms. The molecule has 34 heteroatoms. The van der Waals surface area contributed by atoms with Crippen molar-refractivity contribution in [1.82, 2.24) is 84.7 Å². The van der Waals surface area contributed by atoms with Crippen LogP contribution in [0.5, 0.6) is 23.0 Å². The number of carbonyl (C=O) groups excluding carboxylic acids is 5. The predicted octanol–water partition coefficient (Wildman–Crippen LogP) is 2.71. The summed E-state index contributed by atoms with van der Waals surface area (Å²) in [6, 6.07) is 18.0. The second-order valence-corrected chi connectivity index (χ2v) is 27.9. The Balaban J connectivity index is 0.880. The van der Waals surface area contributed by atoms with Crippen molar-refractivity contribution < 1.29 is 84.0 Å². The van der Waals surface area contributed by atoms with E-state index in [1.165, 1.54) is 16.7 Å². The largest absolute Gasteiger partial charge is 0.508 e. The van der Waals surface area contributed by atoms with E-state index in [0.29, 0.717) is 87.9 Å². The van der Waals surface area contributed by atoms with Crippen molar-refractivity contribution >= 4 is 53.4 Å². The zero-order valence-corrected chi connectivity index (χ0v) is 61.8. The van der Waals surface area contributed by atoms with Gasteiger partial charge in [0.25, 0.3) is 11.8 Å². The van der Waals surface area contributed by atoms with Gasteiger partial charge in [0, 0.05) is 167 Å². The van der Waals surface area contributed by atoms with Gasteiger partial charge in [-0.05, 0) is 97.2 Å². The molecule has 3 saturated heterocycles. The van der Waals surface area contributed by atoms with Crippen LogP contribution in [0.15, 0.2) is 72.8 Å². The summed E-state index contributed by atoms with van der Waals surface area (Å²) in [6.45, 7) is 14.9. The van der Waals surface area contributed by atoms with Gasteiger partial charge in [-0.2, -0.15) is 0 Å². The lowest BCUT2D eigenvalue weighted by Crippen LogP contribution is -2.55. The first kappa shape index (κ1) is 81.4. The molecule has 2 aromatic heterocycles. The van der Waals surface area contributed by atoms with Gasteiger partial charge >= 0.3 is 23.9 Å². The molecular formula is C74H99N17O17. The van der Waals surface area contributed by atoms with Gasteiger partial charge in [-0.15, -0.1) is 20.4 Å². The third kappa shape index (κ3) is 21.4. The molecular weight excluding hydrogens is 1400 g/mol. The van der Waals surface area contributed by atoms with Crippen molar-refractivity contribution in [2.45, 2.75) is 104 Å². The molecule has 6 aromatic rings. The number of hydrogen-bond acceptors (Lipinski definition) is 23. The van der Waals surface area contributed by atoms with E-state index < -0.39 is 79.1 Å². The van der Waals surface area contributed by atoms with Gasteiger partial charge in [-0.25, -0.2) is 0 Å². The maximum absolute atomic E-state index is 14.9. The van der Waals surface area contributed by atoms with Crippen molar-refractivity contribution in [3.8, 4) is 57.1 Å². The first-order valence-electron chi connectivity index (χ1n) is 36.5. The standard InChI is InChI=1S/C74H99N17O17/c1-7-75-71(104)69-80-78-67(54-37-52(46(3)4)58(92)39-60(54)94)90(69)50-13-9-48(10-14-50)41-82-27-33-88(34-28-82)63(97)20-17-56(77-62(96)19-18-57(74(107)108)87-31-25-85(44-65(100)101)23-21-84(43-64(98)99)22-24-86(26-32-87)45-66(102)103)73(106)89-35-29-83(30-36-89)42-49-11-15-51(16-12-49)91-68(79-81-70(91)72(105)76-8-2)55-38-53(47(5)6)59(93)40-61(55)95/h9-16,37-40,46-47,56-57,92-95H,7-8,17-36,41-45H2,1-6H3,(H,75,104)(H,76,105)(H,77,96)(H,98,99)(H,100,101)(H,102,103)(H,107,108)/t56-,57-/m1/s1. The summed E-state index contributed by atoms with van der Waals surface area (Å²) in [5.74, 6) is -7.65. The first-order chi connectivity index (χ1) is 51.6. The smallest absolute Gasteiger partial charge is 0.320 e. The molecule has 3 aliphatic heterocycles. The lowest BCUT2D eigenvalue weighted by Gasteiger charge is -2.37. The van der Waals surface area contributed by atoms with Crippen LogP contribution in [0.25, 0.3) is 34.2 Å². The Morgan fingerprint density at radius 1 is 0.444 bits per heavy atom. The van der Waals surface area contributed by atoms with Crippen LogP contribution in [0.1, 0.15) is 123 Å². The SMILES string of the molecule is CCNC(=O)c1nnc(-c2cc(C(C)C)c(O)cc2O)n1-c1ccc(CN2CCN(C(=O)CC[C@@H](NC(=O)CC[C@H](C(=O)O)N3CCN(CC(=O)O)CCN(CC(=O)O)CCN(CC(=O)O)CC3)C(=O)N3CCN(Cc4ccc(-n5c(C(=O)NCC)nnc5-c5cc(C(C)C)c(O)cc5O)cc4)CC3)CC2)cc1. The van der Waals surface area contributed by atoms with Crippen LogP contribution >= 0.6 is 0 Å². The molecule has 0 radical (unpaired) electrons. The second kappa shape index (κ2) is 37.7. The number of carboxylic acid groups (broad SMARTS) is 4. The van der Waals surface area contributed by atoms with E-state index in [0.717, 1.165) is 11.1 Å². The molecule has 5 amide bonds. The predicted molar refractivity (Wildman–Crippen MR) is 394 cm³/mol. The fraction of sp³-hybridized carbons (Fsp3) is 0.500. The van der Waals surface area contributed by atoms with Crippen LogP contribution in [-0.2, 0) is 46.7 Å². The van der Waals surface area contributed by atoms with E-state index in [-0.39, 0.29) is 166 Å². The highest BCUT2D eigenvalue weighted by atomic mass is 16.4. The van der Waals surface area contributed by atoms with Crippen molar-refractivity contribution in [3.05, 3.63) is 107 Å². The fourth-order valence-corrected chi connectivity index (χ4v) is 13.8. The monoisotopic (exact) mass is 1500 g/mol. The minimum atomic E-state index is -1.34. The molecule has 108 heavy (non-hydrogen) atoms. The van der Waals surface area contributed by atoms with Crippen molar-refractivity contribution in [3.63, 3.8) is 0 Å². The highest BCUT2D eigenvalue weighted by Crippen LogP contribution is 2.40. The first-order valence-corrected chi connectivity index (χ1v) is 36.5. The molecule has 582 valence electrons. The highest BCUT2D eigenvalue weighted by Gasteiger charge is 2.35. The number of phenolic OH excluding ortho intramolecular Hbond substituents is 4. The average Bonchev–Trinajstić information content (AvgIpc) is 1.50. The van der Waals surface area contributed by atoms with Gasteiger partial charge in [-0.1, -0.05) is 52.0 Å². The number of aromatic hydroxyl groups is 4. The topological polar surface area (TPSA) is 439 Å². The number of rotatable bonds is 30. The Morgan fingerprint density at radius 2 is 0.824 bits per heavy atom. The van der Waals surface area contributed by atoms with Crippen LogP contribution in [-0.4, -0.2) is 313 Å². The summed E-state index contributed by atoms with van der Waals surface area (Å²) < 4.78 is 3.09. The summed E-state index contributed by atoms with van der Waals surface area (Å²) >= 11 is 0. The molecule has 0 aliphatic carbocycles. The van der Waals surface area contributed by atoms with E-state index in [9.17, 15) is 84.0 Å². The molecule has 2 atom stereocenters. The van der Waals surface area contributed by atoms with Gasteiger partial charge in [0.05, 0.1) is 30.8 Å². The minimum Gasteiger partial charge on any atom is -0.508 e. The van der Waals surface area contributed by atoms with Crippen LogP contribution in [0.2, 0.25) is 0 Å². The number of phenols is 4. The number of hydrogen-bond donors (Lipinski definition) is 11. The lowest BCUT2D eigenvalue weighted by atomic mass is 9.98. The maximum Gasteiger partial charge on any atom is 0.320 e. The molecule has 3 fully saturated rings. The highest BCUT2D eigenvalue weighted by molar-refractivity contribution is 5.93. The summed E-state index contributed by atoms with van der Waals surface area (Å²) in [5.41, 5.74) is 4.51. The van der Waals surface area contributed by atoms with Crippen LogP contribution < -0.4 is 16.0 Å². The third-order valence-corrected chi connectivity index (χ3v) is 19.6. The van der Waals surface area contributed by atoms with Gasteiger partial charge in [-0.3, -0.25) is 81.7 Å². The number of piperazine rings is 2. The summed E-state index contributed by atoms with van der Waals surface area (Å²) in [6.07, 6.45) is -0.892. The van der Waals surface area contributed by atoms with Gasteiger partial charge in [0.1, 0.15) is 35.1 Å². The summed E-state index contributed by atoms with van der Waals surface area (Å²) in [4.78, 5) is 133. The maximum atomic E-state index is 14.9. The molecule has 3 aliphatic rings. The zero-order chi connectivity index (χ0) is 78.0. The Labute approximate surface area is 625 Å². The van der Waals surface area contributed by atoms with E-state index in [2.05, 4.69) is 46.1 Å². The molecule has 0 bridgehead atoms. The van der Waals surface area contributed by atoms with Crippen molar-refractivity contribution in [2.75, 3.05) is 137 Å². The number of nitrogens with zero attached hydrogens (tertiary/aromatic N) is 14. The molecule has 4 aromatic carbocycles. The molecule has 5 heterocycles.